The molecule has 1 atom stereocenters. The van der Waals surface area contributed by atoms with Crippen molar-refractivity contribution in [2.45, 2.75) is 19.1 Å². The fourth-order valence-corrected chi connectivity index (χ4v) is 1.31. The van der Waals surface area contributed by atoms with Crippen LogP contribution in [0.5, 0.6) is 5.75 Å². The van der Waals surface area contributed by atoms with E-state index in [2.05, 4.69) is 0 Å². The van der Waals surface area contributed by atoms with Gasteiger partial charge in [0.1, 0.15) is 12.7 Å². The van der Waals surface area contributed by atoms with Gasteiger partial charge in [-0.15, -0.1) is 0 Å². The Morgan fingerprint density at radius 3 is 2.62 bits per heavy atom. The van der Waals surface area contributed by atoms with E-state index in [1.807, 2.05) is 0 Å². The average molecular weight is 231 g/mol. The number of alkyl halides is 1. The molecule has 0 saturated heterocycles. The van der Waals surface area contributed by atoms with Gasteiger partial charge in [-0.1, -0.05) is 6.07 Å². The number of carbonyl (C=O) groups is 1. The molecular formula is C10H11F2NO3. The Morgan fingerprint density at radius 1 is 1.50 bits per heavy atom. The number of carboxylic acid groups (broad SMARTS) is 1. The van der Waals surface area contributed by atoms with E-state index in [9.17, 15) is 13.6 Å². The molecule has 0 aliphatic carbocycles. The number of phenols is 1. The number of phenolic OH excluding ortho intramolecular Hbond substituents is 1. The lowest BCUT2D eigenvalue weighted by Gasteiger charge is -2.11. The molecule has 88 valence electrons. The predicted octanol–water partition coefficient (Wildman–Crippen LogP) is 0.955. The standard InChI is InChI=1S/C10H11F2NO3/c11-4-6-5(3-7(13)10(15)16)1-2-8(14)9(6)12/h1-2,7,14H,3-4,13H2,(H,15,16)/t7-/m0/s1. The molecule has 0 fully saturated rings. The highest BCUT2D eigenvalue weighted by molar-refractivity contribution is 5.73. The van der Waals surface area contributed by atoms with Crippen LogP contribution in [0.4, 0.5) is 8.78 Å². The monoisotopic (exact) mass is 231 g/mol. The van der Waals surface area contributed by atoms with Gasteiger partial charge in [0.05, 0.1) is 0 Å². The van der Waals surface area contributed by atoms with E-state index in [4.69, 9.17) is 15.9 Å². The first-order chi connectivity index (χ1) is 7.47. The molecule has 0 unspecified atom stereocenters. The fourth-order valence-electron chi connectivity index (χ4n) is 1.31. The lowest BCUT2D eigenvalue weighted by atomic mass is 10.0. The Labute approximate surface area is 90.3 Å². The molecule has 1 rings (SSSR count). The number of carboxylic acids is 1. The van der Waals surface area contributed by atoms with E-state index in [0.717, 1.165) is 6.07 Å². The molecule has 1 aromatic carbocycles. The van der Waals surface area contributed by atoms with Crippen molar-refractivity contribution in [2.24, 2.45) is 5.73 Å². The maximum atomic E-state index is 13.2. The highest BCUT2D eigenvalue weighted by Crippen LogP contribution is 2.24. The largest absolute Gasteiger partial charge is 0.505 e. The zero-order valence-electron chi connectivity index (χ0n) is 8.28. The predicted molar refractivity (Wildman–Crippen MR) is 52.2 cm³/mol. The lowest BCUT2D eigenvalue weighted by molar-refractivity contribution is -0.138. The second kappa shape index (κ2) is 4.89. The number of hydrogen-bond donors (Lipinski definition) is 3. The second-order valence-electron chi connectivity index (χ2n) is 3.32. The molecule has 0 bridgehead atoms. The van der Waals surface area contributed by atoms with Gasteiger partial charge in [0, 0.05) is 5.56 Å². The molecule has 0 aromatic heterocycles. The van der Waals surface area contributed by atoms with Crippen LogP contribution in [0.3, 0.4) is 0 Å². The molecule has 16 heavy (non-hydrogen) atoms. The lowest BCUT2D eigenvalue weighted by Crippen LogP contribution is -2.32. The minimum Gasteiger partial charge on any atom is -0.505 e. The summed E-state index contributed by atoms with van der Waals surface area (Å²) in [6.07, 6.45) is -0.189. The third-order valence-electron chi connectivity index (χ3n) is 2.21. The summed E-state index contributed by atoms with van der Waals surface area (Å²) in [7, 11) is 0. The first-order valence-electron chi connectivity index (χ1n) is 4.51. The molecule has 0 aliphatic heterocycles. The van der Waals surface area contributed by atoms with E-state index >= 15 is 0 Å². The molecule has 1 aromatic rings. The summed E-state index contributed by atoms with van der Waals surface area (Å²) in [4.78, 5) is 10.5. The van der Waals surface area contributed by atoms with Crippen LogP contribution in [0.2, 0.25) is 0 Å². The van der Waals surface area contributed by atoms with Crippen molar-refractivity contribution in [3.05, 3.63) is 29.1 Å². The van der Waals surface area contributed by atoms with Crippen LogP contribution in [-0.2, 0) is 17.9 Å². The SMILES string of the molecule is N[C@@H](Cc1ccc(O)c(F)c1CF)C(=O)O. The third kappa shape index (κ3) is 2.46. The smallest absolute Gasteiger partial charge is 0.320 e. The van der Waals surface area contributed by atoms with Crippen molar-refractivity contribution in [1.29, 1.82) is 0 Å². The Morgan fingerprint density at radius 2 is 2.12 bits per heavy atom. The van der Waals surface area contributed by atoms with Gasteiger partial charge in [-0.25, -0.2) is 8.78 Å². The minimum absolute atomic E-state index is 0.146. The highest BCUT2D eigenvalue weighted by Gasteiger charge is 2.18. The van der Waals surface area contributed by atoms with E-state index in [1.165, 1.54) is 6.07 Å². The van der Waals surface area contributed by atoms with Gasteiger partial charge in [0.25, 0.3) is 0 Å². The van der Waals surface area contributed by atoms with Crippen molar-refractivity contribution in [3.63, 3.8) is 0 Å². The first kappa shape index (κ1) is 12.4. The molecule has 6 heteroatoms. The van der Waals surface area contributed by atoms with Gasteiger partial charge in [-0.05, 0) is 18.1 Å². The maximum Gasteiger partial charge on any atom is 0.320 e. The van der Waals surface area contributed by atoms with Crippen molar-refractivity contribution >= 4 is 5.97 Å². The normalized spacial score (nSPS) is 12.4. The number of nitrogens with two attached hydrogens (primary N) is 1. The Kier molecular flexibility index (Phi) is 3.78. The number of aliphatic carboxylic acids is 1. The van der Waals surface area contributed by atoms with Crippen LogP contribution < -0.4 is 5.73 Å². The molecule has 0 saturated carbocycles. The summed E-state index contributed by atoms with van der Waals surface area (Å²) >= 11 is 0. The molecule has 4 nitrogen and oxygen atoms in total. The maximum absolute atomic E-state index is 13.2. The molecule has 0 radical (unpaired) electrons. The summed E-state index contributed by atoms with van der Waals surface area (Å²) in [6, 6.07) is 1.07. The number of benzene rings is 1. The first-order valence-corrected chi connectivity index (χ1v) is 4.51. The topological polar surface area (TPSA) is 83.5 Å². The van der Waals surface area contributed by atoms with E-state index in [0.29, 0.717) is 0 Å². The van der Waals surface area contributed by atoms with Gasteiger partial charge >= 0.3 is 5.97 Å². The Balaban J connectivity index is 3.05. The molecule has 0 spiro atoms. The summed E-state index contributed by atoms with van der Waals surface area (Å²) in [6.45, 7) is -1.12. The fraction of sp³-hybridized carbons (Fsp3) is 0.300. The molecule has 0 aliphatic rings. The van der Waals surface area contributed by atoms with E-state index in [-0.39, 0.29) is 17.5 Å². The molecular weight excluding hydrogens is 220 g/mol. The van der Waals surface area contributed by atoms with E-state index < -0.39 is 30.3 Å². The van der Waals surface area contributed by atoms with Crippen LogP contribution >= 0.6 is 0 Å². The van der Waals surface area contributed by atoms with E-state index in [1.54, 1.807) is 0 Å². The minimum atomic E-state index is -1.25. The van der Waals surface area contributed by atoms with Crippen LogP contribution in [0.15, 0.2) is 12.1 Å². The molecule has 0 heterocycles. The van der Waals surface area contributed by atoms with Crippen LogP contribution in [0, 0.1) is 5.82 Å². The van der Waals surface area contributed by atoms with Crippen LogP contribution in [0.25, 0.3) is 0 Å². The van der Waals surface area contributed by atoms with Gasteiger partial charge in [0.15, 0.2) is 11.6 Å². The number of rotatable bonds is 4. The van der Waals surface area contributed by atoms with Crippen molar-refractivity contribution in [2.75, 3.05) is 0 Å². The third-order valence-corrected chi connectivity index (χ3v) is 2.21. The summed E-state index contributed by atoms with van der Waals surface area (Å²) in [5, 5.41) is 17.6. The highest BCUT2D eigenvalue weighted by atomic mass is 19.1. The quantitative estimate of drug-likeness (QED) is 0.720. The second-order valence-corrected chi connectivity index (χ2v) is 3.32. The van der Waals surface area contributed by atoms with Gasteiger partial charge < -0.3 is 15.9 Å². The number of aromatic hydroxyl groups is 1. The summed E-state index contributed by atoms with van der Waals surface area (Å²) < 4.78 is 25.8. The Bertz CT molecular complexity index is 409. The van der Waals surface area contributed by atoms with Crippen LogP contribution in [-0.4, -0.2) is 22.2 Å². The van der Waals surface area contributed by atoms with Crippen LogP contribution in [0.1, 0.15) is 11.1 Å². The van der Waals surface area contributed by atoms with Gasteiger partial charge in [-0.3, -0.25) is 4.79 Å². The summed E-state index contributed by atoms with van der Waals surface area (Å²) in [5.74, 6) is -2.99. The molecule has 0 amide bonds. The average Bonchev–Trinajstić information content (AvgIpc) is 2.23. The number of halogens is 2. The van der Waals surface area contributed by atoms with Gasteiger partial charge in [0.2, 0.25) is 0 Å². The Hall–Kier alpha value is -1.69. The zero-order chi connectivity index (χ0) is 12.3. The van der Waals surface area contributed by atoms with Crippen molar-refractivity contribution < 1.29 is 23.8 Å². The summed E-state index contributed by atoms with van der Waals surface area (Å²) in [5.41, 5.74) is 5.05. The van der Waals surface area contributed by atoms with Crippen molar-refractivity contribution in [3.8, 4) is 5.75 Å². The molecule has 4 N–H and O–H groups in total. The number of hydrogen-bond acceptors (Lipinski definition) is 3. The zero-order valence-corrected chi connectivity index (χ0v) is 8.28. The van der Waals surface area contributed by atoms with Crippen molar-refractivity contribution in [1.82, 2.24) is 0 Å². The van der Waals surface area contributed by atoms with Gasteiger partial charge in [-0.2, -0.15) is 0 Å².